The van der Waals surface area contributed by atoms with E-state index in [9.17, 15) is 28.8 Å². The zero-order valence-electron chi connectivity index (χ0n) is 19.4. The van der Waals surface area contributed by atoms with Crippen LogP contribution in [0.4, 0.5) is 0 Å². The van der Waals surface area contributed by atoms with Crippen molar-refractivity contribution in [2.45, 2.75) is 57.8 Å². The predicted molar refractivity (Wildman–Crippen MR) is 122 cm³/mol. The third-order valence-electron chi connectivity index (χ3n) is 3.06. The monoisotopic (exact) mass is 595 g/mol. The Morgan fingerprint density at radius 2 is 0.824 bits per heavy atom. The van der Waals surface area contributed by atoms with Gasteiger partial charge in [-0.3, -0.25) is 0 Å². The second-order valence-electron chi connectivity index (χ2n) is 6.22. The molecule has 6 N–H and O–H groups in total. The Labute approximate surface area is 210 Å². The molecule has 0 aliphatic rings. The summed E-state index contributed by atoms with van der Waals surface area (Å²) in [4.78, 5) is 59.0. The zero-order chi connectivity index (χ0) is 27.9. The average Bonchev–Trinajstić information content (AvgIpc) is 2.68. The quantitative estimate of drug-likeness (QED) is 0.122. The summed E-state index contributed by atoms with van der Waals surface area (Å²) in [6, 6.07) is 0. The van der Waals surface area contributed by atoms with Gasteiger partial charge in [0, 0.05) is 34.9 Å². The van der Waals surface area contributed by atoms with Crippen molar-refractivity contribution >= 4 is 58.3 Å². The van der Waals surface area contributed by atoms with E-state index in [1.807, 2.05) is 0 Å². The molecule has 0 heterocycles. The number of carboxylic acid groups (broad SMARTS) is 6. The number of rotatable bonds is 10. The molecule has 0 aliphatic carbocycles. The summed E-state index contributed by atoms with van der Waals surface area (Å²) in [7, 11) is 0. The van der Waals surface area contributed by atoms with Crippen LogP contribution >= 0.6 is 0 Å². The van der Waals surface area contributed by atoms with E-state index in [2.05, 4.69) is 6.92 Å². The van der Waals surface area contributed by atoms with Crippen LogP contribution in [0.2, 0.25) is 4.44 Å². The van der Waals surface area contributed by atoms with E-state index < -0.39 is 35.8 Å². The average molecular weight is 594 g/mol. The van der Waals surface area contributed by atoms with Gasteiger partial charge in [-0.1, -0.05) is 0 Å². The molecule has 0 aromatic carbocycles. The van der Waals surface area contributed by atoms with Crippen LogP contribution in [0.25, 0.3) is 0 Å². The van der Waals surface area contributed by atoms with Gasteiger partial charge in [-0.15, -0.1) is 0 Å². The number of hydrogen-bond donors (Lipinski definition) is 6. The van der Waals surface area contributed by atoms with Crippen LogP contribution in [0, 0.1) is 0 Å². The fourth-order valence-electron chi connectivity index (χ4n) is 1.29. The van der Waals surface area contributed by atoms with Crippen molar-refractivity contribution in [3.8, 4) is 0 Å². The first-order chi connectivity index (χ1) is 15.5. The first-order valence-electron chi connectivity index (χ1n) is 9.61. The Balaban J connectivity index is -0.000000177. The van der Waals surface area contributed by atoms with Gasteiger partial charge in [0.15, 0.2) is 0 Å². The van der Waals surface area contributed by atoms with Gasteiger partial charge in [-0.25, -0.2) is 28.8 Å². The number of carbonyl (C=O) groups is 6. The second kappa shape index (κ2) is 24.5. The third kappa shape index (κ3) is 36.2. The molecule has 0 atom stereocenters. The molecule has 34 heavy (non-hydrogen) atoms. The molecule has 3 radical (unpaired) electrons. The summed E-state index contributed by atoms with van der Waals surface area (Å²) in [6.45, 7) is 5.91. The molecule has 0 unspecified atom stereocenters. The maximum atomic E-state index is 9.90. The standard InChI is InChI=1S/C6H13.3C5H6O4.Sn/c1-3-5-6-4-2;3*1-3(5(8)9)2-4(6)7;/h1,3-6H2,2H3;3*2H,1H3,(H,6,7)(H,8,9);/b;3*3-2-;. The van der Waals surface area contributed by atoms with Gasteiger partial charge >= 0.3 is 95.4 Å². The first-order valence-corrected chi connectivity index (χ1v) is 11.6. The van der Waals surface area contributed by atoms with E-state index in [1.54, 1.807) is 22.5 Å². The van der Waals surface area contributed by atoms with E-state index >= 15 is 0 Å². The molecular weight excluding hydrogens is 563 g/mol. The number of hydrogen-bond acceptors (Lipinski definition) is 6. The summed E-state index contributed by atoms with van der Waals surface area (Å²) >= 11 is 1.70. The third-order valence-corrected chi connectivity index (χ3v) is 4.07. The predicted octanol–water partition coefficient (Wildman–Crippen LogP) is 2.46. The molecule has 0 fully saturated rings. The van der Waals surface area contributed by atoms with E-state index in [0.29, 0.717) is 18.2 Å². The Morgan fingerprint density at radius 3 is 0.941 bits per heavy atom. The zero-order valence-corrected chi connectivity index (χ0v) is 22.3. The van der Waals surface area contributed by atoms with Crippen molar-refractivity contribution in [1.82, 2.24) is 0 Å². The van der Waals surface area contributed by atoms with E-state index in [0.717, 1.165) is 0 Å². The van der Waals surface area contributed by atoms with Crippen LogP contribution < -0.4 is 0 Å². The van der Waals surface area contributed by atoms with Crippen molar-refractivity contribution in [3.05, 3.63) is 34.9 Å². The topological polar surface area (TPSA) is 224 Å². The van der Waals surface area contributed by atoms with Gasteiger partial charge < -0.3 is 30.6 Å². The Kier molecular flexibility index (Phi) is 27.4. The van der Waals surface area contributed by atoms with Crippen LogP contribution in [0.15, 0.2) is 34.9 Å². The van der Waals surface area contributed by atoms with Gasteiger partial charge in [-0.2, -0.15) is 0 Å². The van der Waals surface area contributed by atoms with E-state index in [-0.39, 0.29) is 16.7 Å². The van der Waals surface area contributed by atoms with Crippen LogP contribution in [0.1, 0.15) is 53.4 Å². The molecule has 191 valence electrons. The van der Waals surface area contributed by atoms with Crippen molar-refractivity contribution in [2.75, 3.05) is 0 Å². The molecule has 0 bridgehead atoms. The first kappa shape index (κ1) is 38.1. The minimum absolute atomic E-state index is 0.178. The van der Waals surface area contributed by atoms with Gasteiger partial charge in [-0.05, 0) is 20.8 Å². The molecule has 0 aliphatic heterocycles. The molecule has 0 saturated heterocycles. The summed E-state index contributed by atoms with van der Waals surface area (Å²) < 4.78 is 1.45. The Hall–Kier alpha value is -3.16. The number of aliphatic carboxylic acids is 6. The summed E-state index contributed by atoms with van der Waals surface area (Å²) in [5, 5.41) is 48.3. The number of unbranched alkanes of at least 4 members (excludes halogenated alkanes) is 3. The molecule has 0 aromatic rings. The molecule has 0 amide bonds. The maximum absolute atomic E-state index is 9.90. The molecule has 13 heteroatoms. The van der Waals surface area contributed by atoms with Crippen LogP contribution in [-0.2, 0) is 28.8 Å². The van der Waals surface area contributed by atoms with Crippen molar-refractivity contribution < 1.29 is 59.4 Å². The van der Waals surface area contributed by atoms with Gasteiger partial charge in [0.1, 0.15) is 0 Å². The summed E-state index contributed by atoms with van der Waals surface area (Å²) in [6.07, 6.45) is 7.66. The molecular formula is C21H31O12Sn. The van der Waals surface area contributed by atoms with Crippen molar-refractivity contribution in [1.29, 1.82) is 0 Å². The van der Waals surface area contributed by atoms with Crippen molar-refractivity contribution in [3.63, 3.8) is 0 Å². The Bertz CT molecular complexity index is 680. The Morgan fingerprint density at radius 1 is 0.559 bits per heavy atom. The summed E-state index contributed by atoms with van der Waals surface area (Å²) in [5.74, 6) is -7.35. The molecule has 0 saturated carbocycles. The molecule has 0 rings (SSSR count). The molecule has 0 aromatic heterocycles. The fraction of sp³-hybridized carbons (Fsp3) is 0.429. The van der Waals surface area contributed by atoms with Crippen LogP contribution in [0.3, 0.4) is 0 Å². The van der Waals surface area contributed by atoms with Gasteiger partial charge in [0.05, 0.1) is 0 Å². The van der Waals surface area contributed by atoms with Crippen molar-refractivity contribution in [2.24, 2.45) is 0 Å². The van der Waals surface area contributed by atoms with Crippen LogP contribution in [0.5, 0.6) is 0 Å². The fourth-order valence-corrected chi connectivity index (χ4v) is 2.01. The van der Waals surface area contributed by atoms with Gasteiger partial charge in [0.2, 0.25) is 0 Å². The minimum atomic E-state index is -1.24. The second-order valence-corrected chi connectivity index (χ2v) is 7.65. The van der Waals surface area contributed by atoms with Crippen LogP contribution in [-0.4, -0.2) is 89.0 Å². The normalized spacial score (nSPS) is 10.7. The summed E-state index contributed by atoms with van der Waals surface area (Å²) in [5.41, 5.74) is -0.535. The van der Waals surface area contributed by atoms with E-state index in [1.165, 1.54) is 50.9 Å². The molecule has 0 spiro atoms. The van der Waals surface area contributed by atoms with E-state index in [4.69, 9.17) is 30.6 Å². The van der Waals surface area contributed by atoms with Gasteiger partial charge in [0.25, 0.3) is 0 Å². The SMILES string of the molecule is C/C(=C/C(=O)O)C(=O)O.C/C(=C/C(=O)O)C(=O)O.C/C(=C/C(=O)O)C(=O)O.CCCCC[CH2][Sn]. The number of carboxylic acids is 6. The molecule has 12 nitrogen and oxygen atoms in total.